The predicted octanol–water partition coefficient (Wildman–Crippen LogP) is -0.700. The van der Waals surface area contributed by atoms with Crippen LogP contribution in [0.5, 0.6) is 0 Å². The van der Waals surface area contributed by atoms with Crippen LogP contribution < -0.4 is 21.7 Å². The van der Waals surface area contributed by atoms with Crippen LogP contribution in [0, 0.1) is 11.8 Å². The third-order valence-electron chi connectivity index (χ3n) is 4.35. The summed E-state index contributed by atoms with van der Waals surface area (Å²) in [7, 11) is 0. The number of thioether (sulfide) groups is 1. The summed E-state index contributed by atoms with van der Waals surface area (Å²) in [6, 6.07) is -4.15. The lowest BCUT2D eigenvalue weighted by Crippen LogP contribution is -2.58. The highest BCUT2D eigenvalue weighted by atomic mass is 32.2. The van der Waals surface area contributed by atoms with Crippen LogP contribution in [0.3, 0.4) is 0 Å². The lowest BCUT2D eigenvalue weighted by Gasteiger charge is -2.27. The number of hydrogen-bond donors (Lipinski definition) is 6. The number of carbonyl (C=O) groups is 4. The molecule has 10 nitrogen and oxygen atoms in total. The zero-order valence-electron chi connectivity index (χ0n) is 18.3. The predicted molar refractivity (Wildman–Crippen MR) is 116 cm³/mol. The van der Waals surface area contributed by atoms with Crippen molar-refractivity contribution < 1.29 is 29.4 Å². The highest BCUT2D eigenvalue weighted by molar-refractivity contribution is 7.98. The number of nitrogens with one attached hydrogen (secondary N) is 3. The SMILES string of the molecule is CSCCC(NC(=O)C(NC(=O)C(CC(C)C)NC(=O)C(N)CO)C(C)C)C(=O)O. The molecule has 11 heteroatoms. The molecule has 0 aliphatic rings. The maximum atomic E-state index is 12.8. The summed E-state index contributed by atoms with van der Waals surface area (Å²) in [6.45, 7) is 6.62. The van der Waals surface area contributed by atoms with E-state index in [1.807, 2.05) is 20.1 Å². The Labute approximate surface area is 182 Å². The molecule has 4 unspecified atom stereocenters. The molecule has 0 radical (unpaired) electrons. The monoisotopic (exact) mass is 448 g/mol. The maximum Gasteiger partial charge on any atom is 0.326 e. The first-order valence-corrected chi connectivity index (χ1v) is 11.3. The van der Waals surface area contributed by atoms with Gasteiger partial charge in [-0.3, -0.25) is 14.4 Å². The Balaban J connectivity index is 5.33. The van der Waals surface area contributed by atoms with Crippen LogP contribution in [0.2, 0.25) is 0 Å². The fourth-order valence-corrected chi connectivity index (χ4v) is 3.08. The van der Waals surface area contributed by atoms with Gasteiger partial charge in [-0.15, -0.1) is 0 Å². The van der Waals surface area contributed by atoms with Crippen LogP contribution in [-0.2, 0) is 19.2 Å². The van der Waals surface area contributed by atoms with E-state index in [1.54, 1.807) is 13.8 Å². The molecule has 0 aliphatic carbocycles. The molecule has 0 fully saturated rings. The Morgan fingerprint density at radius 1 is 0.933 bits per heavy atom. The van der Waals surface area contributed by atoms with Crippen LogP contribution in [0.4, 0.5) is 0 Å². The van der Waals surface area contributed by atoms with E-state index in [0.29, 0.717) is 12.2 Å². The van der Waals surface area contributed by atoms with E-state index in [-0.39, 0.29) is 18.3 Å². The minimum atomic E-state index is -1.16. The summed E-state index contributed by atoms with van der Waals surface area (Å²) in [6.07, 6.45) is 2.39. The number of amides is 3. The molecule has 0 aromatic carbocycles. The van der Waals surface area contributed by atoms with Gasteiger partial charge < -0.3 is 31.9 Å². The van der Waals surface area contributed by atoms with Crippen molar-refractivity contribution in [3.05, 3.63) is 0 Å². The van der Waals surface area contributed by atoms with Gasteiger partial charge in [-0.25, -0.2) is 4.79 Å². The molecule has 0 saturated heterocycles. The van der Waals surface area contributed by atoms with Crippen molar-refractivity contribution in [2.75, 3.05) is 18.6 Å². The van der Waals surface area contributed by atoms with Crippen molar-refractivity contribution >= 4 is 35.5 Å². The fraction of sp³-hybridized carbons (Fsp3) is 0.789. The second-order valence-corrected chi connectivity index (χ2v) is 8.88. The van der Waals surface area contributed by atoms with E-state index in [0.717, 1.165) is 0 Å². The lowest BCUT2D eigenvalue weighted by atomic mass is 9.99. The maximum absolute atomic E-state index is 12.8. The summed E-state index contributed by atoms with van der Waals surface area (Å²) < 4.78 is 0. The molecule has 174 valence electrons. The van der Waals surface area contributed by atoms with Crippen LogP contribution in [0.25, 0.3) is 0 Å². The number of aliphatic hydroxyl groups excluding tert-OH is 1. The van der Waals surface area contributed by atoms with Gasteiger partial charge in [-0.2, -0.15) is 11.8 Å². The molecule has 0 aliphatic heterocycles. The normalized spacial score (nSPS) is 15.2. The van der Waals surface area contributed by atoms with Crippen LogP contribution in [-0.4, -0.2) is 76.7 Å². The van der Waals surface area contributed by atoms with Crippen molar-refractivity contribution in [1.29, 1.82) is 0 Å². The number of carbonyl (C=O) groups excluding carboxylic acids is 3. The molecule has 0 spiro atoms. The van der Waals surface area contributed by atoms with Gasteiger partial charge in [0, 0.05) is 0 Å². The molecule has 0 heterocycles. The van der Waals surface area contributed by atoms with Crippen molar-refractivity contribution in [3.8, 4) is 0 Å². The highest BCUT2D eigenvalue weighted by Gasteiger charge is 2.32. The van der Waals surface area contributed by atoms with E-state index in [9.17, 15) is 24.3 Å². The Hall–Kier alpha value is -1.85. The first-order valence-electron chi connectivity index (χ1n) is 9.93. The zero-order valence-corrected chi connectivity index (χ0v) is 19.1. The van der Waals surface area contributed by atoms with Crippen molar-refractivity contribution in [2.24, 2.45) is 17.6 Å². The quantitative estimate of drug-likeness (QED) is 0.202. The minimum absolute atomic E-state index is 0.0562. The topological polar surface area (TPSA) is 171 Å². The smallest absolute Gasteiger partial charge is 0.326 e. The van der Waals surface area contributed by atoms with Gasteiger partial charge in [0.2, 0.25) is 17.7 Å². The molecule has 3 amide bonds. The molecular weight excluding hydrogens is 412 g/mol. The van der Waals surface area contributed by atoms with Gasteiger partial charge in [0.05, 0.1) is 6.61 Å². The molecule has 7 N–H and O–H groups in total. The standard InChI is InChI=1S/C19H36N4O6S/c1-10(2)8-14(22-16(25)12(20)9-24)17(26)23-15(11(3)4)18(27)21-13(19(28)29)6-7-30-5/h10-15,24H,6-9,20H2,1-5H3,(H,21,27)(H,22,25)(H,23,26)(H,28,29). The zero-order chi connectivity index (χ0) is 23.4. The molecule has 0 rings (SSSR count). The first-order chi connectivity index (χ1) is 13.9. The number of carboxylic acids is 1. The summed E-state index contributed by atoms with van der Waals surface area (Å²) in [4.78, 5) is 48.9. The average Bonchev–Trinajstić information content (AvgIpc) is 2.66. The van der Waals surface area contributed by atoms with Gasteiger partial charge in [-0.1, -0.05) is 27.7 Å². The minimum Gasteiger partial charge on any atom is -0.480 e. The van der Waals surface area contributed by atoms with E-state index >= 15 is 0 Å². The lowest BCUT2D eigenvalue weighted by molar-refractivity contribution is -0.142. The number of nitrogens with two attached hydrogens (primary N) is 1. The number of rotatable bonds is 14. The average molecular weight is 449 g/mol. The van der Waals surface area contributed by atoms with Crippen molar-refractivity contribution in [1.82, 2.24) is 16.0 Å². The van der Waals surface area contributed by atoms with Gasteiger partial charge in [-0.05, 0) is 36.7 Å². The molecular formula is C19H36N4O6S. The molecule has 0 bridgehead atoms. The van der Waals surface area contributed by atoms with Crippen molar-refractivity contribution in [3.63, 3.8) is 0 Å². The van der Waals surface area contributed by atoms with Crippen LogP contribution in [0.15, 0.2) is 0 Å². The summed E-state index contributed by atoms with van der Waals surface area (Å²) >= 11 is 1.47. The summed E-state index contributed by atoms with van der Waals surface area (Å²) in [5, 5.41) is 26.0. The molecule has 4 atom stereocenters. The Kier molecular flexibility index (Phi) is 13.3. The number of aliphatic carboxylic acids is 1. The molecule has 0 aromatic heterocycles. The van der Waals surface area contributed by atoms with E-state index < -0.39 is 54.5 Å². The summed E-state index contributed by atoms with van der Waals surface area (Å²) in [5.74, 6) is -2.70. The van der Waals surface area contributed by atoms with E-state index in [2.05, 4.69) is 16.0 Å². The number of hydrogen-bond acceptors (Lipinski definition) is 7. The third-order valence-corrected chi connectivity index (χ3v) is 4.99. The molecule has 0 saturated carbocycles. The second kappa shape index (κ2) is 14.2. The molecule has 30 heavy (non-hydrogen) atoms. The third kappa shape index (κ3) is 10.3. The van der Waals surface area contributed by atoms with Gasteiger partial charge in [0.15, 0.2) is 0 Å². The van der Waals surface area contributed by atoms with Crippen LogP contribution in [0.1, 0.15) is 40.5 Å². The first kappa shape index (κ1) is 28.1. The Bertz CT molecular complexity index is 587. The van der Waals surface area contributed by atoms with E-state index in [1.165, 1.54) is 11.8 Å². The fourth-order valence-electron chi connectivity index (χ4n) is 2.61. The number of carboxylic acid groups (broad SMARTS) is 1. The summed E-state index contributed by atoms with van der Waals surface area (Å²) in [5.41, 5.74) is 5.50. The molecule has 0 aromatic rings. The van der Waals surface area contributed by atoms with Gasteiger partial charge in [0.1, 0.15) is 24.2 Å². The largest absolute Gasteiger partial charge is 0.480 e. The van der Waals surface area contributed by atoms with Crippen LogP contribution >= 0.6 is 11.8 Å². The number of aliphatic hydroxyl groups is 1. The highest BCUT2D eigenvalue weighted by Crippen LogP contribution is 2.09. The van der Waals surface area contributed by atoms with Gasteiger partial charge >= 0.3 is 5.97 Å². The second-order valence-electron chi connectivity index (χ2n) is 7.89. The van der Waals surface area contributed by atoms with Gasteiger partial charge in [0.25, 0.3) is 0 Å². The Morgan fingerprint density at radius 2 is 1.50 bits per heavy atom. The van der Waals surface area contributed by atoms with Crippen molar-refractivity contribution in [2.45, 2.75) is 64.7 Å². The Morgan fingerprint density at radius 3 is 1.93 bits per heavy atom. The van der Waals surface area contributed by atoms with E-state index in [4.69, 9.17) is 10.8 Å².